The average molecular weight is 1370 g/mol. The molecule has 37 heteroatoms. The van der Waals surface area contributed by atoms with Crippen LogP contribution in [0.5, 0.6) is 0 Å². The van der Waals surface area contributed by atoms with Crippen molar-refractivity contribution in [3.8, 4) is 0 Å². The van der Waals surface area contributed by atoms with Gasteiger partial charge in [-0.1, -0.05) is 0 Å². The predicted molar refractivity (Wildman–Crippen MR) is 331 cm³/mol. The first-order chi connectivity index (χ1) is 46.2. The SMILES string of the molecule is COCCOCCOCCOCCNC(=O)CC[C@H](NC(=O)CCOCCOCCOCCOCCOCCOCCOCCOCCNC(=O)CNC(=O)CNC(=O)CNC(=O)CNC(=O)CNC(=O)CN1C(=O)C=CC1=O)C(=O)NCCOCCOCCOCCOC. The number of ether oxygens (including phenoxy) is 16. The van der Waals surface area contributed by atoms with Crippen LogP contribution in [0.2, 0.25) is 0 Å². The van der Waals surface area contributed by atoms with Crippen LogP contribution < -0.4 is 47.9 Å². The number of rotatable bonds is 68. The van der Waals surface area contributed by atoms with E-state index in [1.807, 2.05) is 0 Å². The molecule has 0 aromatic heterocycles. The minimum absolute atomic E-state index is 0.0177. The van der Waals surface area contributed by atoms with Gasteiger partial charge < -0.3 is 124 Å². The highest BCUT2D eigenvalue weighted by Gasteiger charge is 2.26. The van der Waals surface area contributed by atoms with Crippen LogP contribution >= 0.6 is 0 Å². The van der Waals surface area contributed by atoms with Crippen LogP contribution in [0.25, 0.3) is 0 Å². The lowest BCUT2D eigenvalue weighted by Crippen LogP contribution is -2.48. The van der Waals surface area contributed by atoms with Crippen LogP contribution in [0, 0.1) is 0 Å². The standard InChI is InChI=1S/C58H102N10O27/c1-80-15-17-86-27-29-89-24-20-83-12-8-59-48(69)4-3-47(58(79)61-10-14-85-22-26-90-30-28-87-18-16-81-2)67-49(70)7-11-82-19-23-88-31-33-92-35-37-94-39-40-95-38-36-93-34-32-91-25-21-84-13-9-60-50(71)41-62-51(72)42-63-52(73)43-64-53(74)44-65-54(75)45-66-55(76)46-68-56(77)5-6-57(68)78/h5-6,47H,3-4,7-46H2,1-2H3,(H,59,69)(H,60,71)(H,61,79)(H,62,72)(H,63,73)(H,64,74)(H,65,75)(H,66,76)(H,67,70)/t47-/m0/s1. The van der Waals surface area contributed by atoms with E-state index in [9.17, 15) is 52.7 Å². The van der Waals surface area contributed by atoms with Gasteiger partial charge in [0.05, 0.1) is 231 Å². The Kier molecular flexibility index (Phi) is 57.8. The summed E-state index contributed by atoms with van der Waals surface area (Å²) in [5.41, 5.74) is 0. The number of hydrogen-bond acceptors (Lipinski definition) is 27. The Morgan fingerprint density at radius 2 is 0.568 bits per heavy atom. The maximum Gasteiger partial charge on any atom is 0.254 e. The van der Waals surface area contributed by atoms with Crippen LogP contribution in [0.15, 0.2) is 12.2 Å². The van der Waals surface area contributed by atoms with E-state index in [2.05, 4.69) is 47.9 Å². The molecule has 37 nitrogen and oxygen atoms in total. The van der Waals surface area contributed by atoms with E-state index >= 15 is 0 Å². The van der Waals surface area contributed by atoms with Gasteiger partial charge in [0.2, 0.25) is 53.2 Å². The molecular weight excluding hydrogens is 1270 g/mol. The second-order valence-electron chi connectivity index (χ2n) is 19.4. The Labute approximate surface area is 553 Å². The molecule has 0 unspecified atom stereocenters. The first-order valence-corrected chi connectivity index (χ1v) is 31.3. The molecule has 9 N–H and O–H groups in total. The van der Waals surface area contributed by atoms with Crippen molar-refractivity contribution in [2.75, 3.05) is 271 Å². The van der Waals surface area contributed by atoms with Gasteiger partial charge in [-0.25, -0.2) is 0 Å². The summed E-state index contributed by atoms with van der Waals surface area (Å²) in [6, 6.07) is -0.974. The number of methoxy groups -OCH3 is 2. The van der Waals surface area contributed by atoms with Gasteiger partial charge in [-0.15, -0.1) is 0 Å². The van der Waals surface area contributed by atoms with Gasteiger partial charge in [0.15, 0.2) is 0 Å². The highest BCUT2D eigenvalue weighted by atomic mass is 16.6. The zero-order valence-corrected chi connectivity index (χ0v) is 54.9. The molecule has 0 aliphatic carbocycles. The summed E-state index contributed by atoms with van der Waals surface area (Å²) >= 11 is 0. The van der Waals surface area contributed by atoms with E-state index < -0.39 is 97.8 Å². The fraction of sp³-hybridized carbons (Fsp3) is 0.776. The van der Waals surface area contributed by atoms with Gasteiger partial charge >= 0.3 is 0 Å². The molecule has 0 spiro atoms. The number of carbonyl (C=O) groups excluding carboxylic acids is 11. The molecule has 0 aromatic carbocycles. The van der Waals surface area contributed by atoms with Crippen molar-refractivity contribution in [2.45, 2.75) is 25.3 Å². The molecule has 1 atom stereocenters. The Bertz CT molecular complexity index is 2120. The first kappa shape index (κ1) is 86.5. The topological polar surface area (TPSA) is 447 Å². The average Bonchev–Trinajstić information content (AvgIpc) is 1.99. The van der Waals surface area contributed by atoms with E-state index in [0.717, 1.165) is 12.2 Å². The van der Waals surface area contributed by atoms with Gasteiger partial charge in [-0.2, -0.15) is 0 Å². The highest BCUT2D eigenvalue weighted by molar-refractivity contribution is 6.14. The van der Waals surface area contributed by atoms with Gasteiger partial charge in [0.1, 0.15) is 12.6 Å². The zero-order valence-electron chi connectivity index (χ0n) is 54.9. The Balaban J connectivity index is 2.00. The highest BCUT2D eigenvalue weighted by Crippen LogP contribution is 2.03. The van der Waals surface area contributed by atoms with Crippen LogP contribution in [-0.2, 0) is 129 Å². The normalized spacial score (nSPS) is 12.1. The van der Waals surface area contributed by atoms with Crippen molar-refractivity contribution in [2.24, 2.45) is 0 Å². The Hall–Kier alpha value is -6.53. The summed E-state index contributed by atoms with van der Waals surface area (Å²) in [6.07, 6.45) is 2.04. The fourth-order valence-electron chi connectivity index (χ4n) is 6.96. The van der Waals surface area contributed by atoms with Crippen molar-refractivity contribution < 1.29 is 129 Å². The van der Waals surface area contributed by atoms with Crippen molar-refractivity contribution in [3.63, 3.8) is 0 Å². The lowest BCUT2D eigenvalue weighted by Gasteiger charge is -2.19. The summed E-state index contributed by atoms with van der Waals surface area (Å²) < 4.78 is 86.3. The molecule has 1 aliphatic rings. The smallest absolute Gasteiger partial charge is 0.254 e. The molecule has 0 bridgehead atoms. The first-order valence-electron chi connectivity index (χ1n) is 31.3. The largest absolute Gasteiger partial charge is 0.382 e. The van der Waals surface area contributed by atoms with Crippen molar-refractivity contribution in [1.29, 1.82) is 0 Å². The Morgan fingerprint density at radius 1 is 0.305 bits per heavy atom. The van der Waals surface area contributed by atoms with Crippen molar-refractivity contribution in [3.05, 3.63) is 12.2 Å². The number of imide groups is 1. The molecule has 0 saturated heterocycles. The molecule has 95 heavy (non-hydrogen) atoms. The number of nitrogens with one attached hydrogen (secondary N) is 9. The lowest BCUT2D eigenvalue weighted by atomic mass is 10.1. The molecule has 11 amide bonds. The van der Waals surface area contributed by atoms with Gasteiger partial charge in [-0.05, 0) is 6.42 Å². The summed E-state index contributed by atoms with van der Waals surface area (Å²) in [7, 11) is 3.20. The maximum atomic E-state index is 13.1. The van der Waals surface area contributed by atoms with Crippen LogP contribution in [0.4, 0.5) is 0 Å². The van der Waals surface area contributed by atoms with Crippen LogP contribution in [0.1, 0.15) is 19.3 Å². The van der Waals surface area contributed by atoms with E-state index in [0.29, 0.717) is 157 Å². The van der Waals surface area contributed by atoms with Gasteiger partial charge in [0, 0.05) is 58.8 Å². The predicted octanol–water partition coefficient (Wildman–Crippen LogP) is -6.98. The zero-order chi connectivity index (χ0) is 69.3. The fourth-order valence-corrected chi connectivity index (χ4v) is 6.96. The summed E-state index contributed by atoms with van der Waals surface area (Å²) in [4.78, 5) is 134. The number of carbonyl (C=O) groups is 11. The molecule has 546 valence electrons. The minimum atomic E-state index is -0.974. The molecule has 1 rings (SSSR count). The van der Waals surface area contributed by atoms with E-state index in [1.165, 1.54) is 0 Å². The Morgan fingerprint density at radius 3 is 0.895 bits per heavy atom. The lowest BCUT2D eigenvalue weighted by molar-refractivity contribution is -0.141. The van der Waals surface area contributed by atoms with Crippen LogP contribution in [0.3, 0.4) is 0 Å². The minimum Gasteiger partial charge on any atom is -0.382 e. The quantitative estimate of drug-likeness (QED) is 0.0202. The van der Waals surface area contributed by atoms with Gasteiger partial charge in [0.25, 0.3) is 11.8 Å². The molecule has 0 fully saturated rings. The number of hydrogen-bond donors (Lipinski definition) is 9. The molecule has 0 saturated carbocycles. The monoisotopic (exact) mass is 1370 g/mol. The summed E-state index contributed by atoms with van der Waals surface area (Å²) in [5, 5.41) is 22.0. The van der Waals surface area contributed by atoms with E-state index in [-0.39, 0.29) is 97.6 Å². The van der Waals surface area contributed by atoms with Crippen LogP contribution in [-0.4, -0.2) is 347 Å². The van der Waals surface area contributed by atoms with Crippen molar-refractivity contribution >= 4 is 65.0 Å². The van der Waals surface area contributed by atoms with Crippen molar-refractivity contribution in [1.82, 2.24) is 52.8 Å². The third kappa shape index (κ3) is 56.4. The maximum absolute atomic E-state index is 13.1. The third-order valence-electron chi connectivity index (χ3n) is 11.9. The summed E-state index contributed by atoms with van der Waals surface area (Å²) in [5.74, 6) is -6.64. The van der Waals surface area contributed by atoms with E-state index in [1.54, 1.807) is 14.2 Å². The molecular formula is C58H102N10O27. The second kappa shape index (κ2) is 63.5. The van der Waals surface area contributed by atoms with Gasteiger partial charge in [-0.3, -0.25) is 57.6 Å². The number of nitrogens with zero attached hydrogens (tertiary/aromatic N) is 1. The summed E-state index contributed by atoms with van der Waals surface area (Å²) in [6.45, 7) is 8.19. The molecule has 0 aromatic rings. The third-order valence-corrected chi connectivity index (χ3v) is 11.9. The molecule has 1 aliphatic heterocycles. The number of amides is 11. The second-order valence-corrected chi connectivity index (χ2v) is 19.4. The van der Waals surface area contributed by atoms with E-state index in [4.69, 9.17) is 75.8 Å². The molecule has 0 radical (unpaired) electrons. The molecule has 1 heterocycles.